The van der Waals surface area contributed by atoms with Crippen molar-refractivity contribution in [3.63, 3.8) is 0 Å². The fourth-order valence-electron chi connectivity index (χ4n) is 3.75. The Hall–Kier alpha value is -3.75. The zero-order chi connectivity index (χ0) is 22.7. The van der Waals surface area contributed by atoms with Crippen LogP contribution in [0.5, 0.6) is 5.88 Å². The maximum absolute atomic E-state index is 13.0. The second-order valence-corrected chi connectivity index (χ2v) is 7.49. The summed E-state index contributed by atoms with van der Waals surface area (Å²) in [7, 11) is 0. The lowest BCUT2D eigenvalue weighted by molar-refractivity contribution is -0.126. The molecule has 0 saturated carbocycles. The van der Waals surface area contributed by atoms with Gasteiger partial charge < -0.3 is 14.4 Å². The number of fused-ring (bicyclic) bond motifs is 1. The molecule has 0 spiro atoms. The highest BCUT2D eigenvalue weighted by molar-refractivity contribution is 6.00. The van der Waals surface area contributed by atoms with Crippen LogP contribution in [0, 0.1) is 6.92 Å². The molecule has 0 aliphatic carbocycles. The van der Waals surface area contributed by atoms with Crippen LogP contribution >= 0.6 is 0 Å². The molecule has 9 nitrogen and oxygen atoms in total. The van der Waals surface area contributed by atoms with E-state index in [-0.39, 0.29) is 11.5 Å². The molecule has 1 aromatic carbocycles. The van der Waals surface area contributed by atoms with E-state index in [1.807, 2.05) is 31.2 Å². The molecular formula is C23H25N5O4. The number of benzene rings is 1. The number of hydrogen-bond acceptors (Lipinski definition) is 7. The quantitative estimate of drug-likeness (QED) is 0.549. The van der Waals surface area contributed by atoms with Gasteiger partial charge in [-0.3, -0.25) is 4.79 Å². The monoisotopic (exact) mass is 435 g/mol. The first-order valence-corrected chi connectivity index (χ1v) is 10.6. The van der Waals surface area contributed by atoms with Crippen LogP contribution in [0.1, 0.15) is 41.9 Å². The van der Waals surface area contributed by atoms with Gasteiger partial charge in [0.05, 0.1) is 18.5 Å². The van der Waals surface area contributed by atoms with E-state index in [4.69, 9.17) is 9.47 Å². The maximum atomic E-state index is 13.0. The summed E-state index contributed by atoms with van der Waals surface area (Å²) in [6, 6.07) is 11.2. The van der Waals surface area contributed by atoms with E-state index in [9.17, 15) is 9.59 Å². The fourth-order valence-corrected chi connectivity index (χ4v) is 3.75. The van der Waals surface area contributed by atoms with E-state index in [0.29, 0.717) is 30.5 Å². The van der Waals surface area contributed by atoms with Crippen LogP contribution in [0.2, 0.25) is 0 Å². The molecule has 0 radical (unpaired) electrons. The standard InChI is InChI=1S/C23H25N5O4/c1-4-31-21-12-11-20(25-26-21)28-15(2)18(14-24-28)23(30)32-16(3)22(29)27-13-7-9-17-8-5-6-10-19(17)27/h5-6,8,10-12,14,16H,4,7,9,13H2,1-3H3/t16-/m1/s1. The van der Waals surface area contributed by atoms with Crippen LogP contribution in [-0.4, -0.2) is 51.1 Å². The number of ether oxygens (including phenoxy) is 2. The summed E-state index contributed by atoms with van der Waals surface area (Å²) in [6.07, 6.45) is 2.28. The Morgan fingerprint density at radius 3 is 2.72 bits per heavy atom. The lowest BCUT2D eigenvalue weighted by Crippen LogP contribution is -2.42. The number of aromatic nitrogens is 4. The Labute approximate surface area is 186 Å². The molecule has 1 amide bonds. The summed E-state index contributed by atoms with van der Waals surface area (Å²) >= 11 is 0. The van der Waals surface area contributed by atoms with Crippen LogP contribution < -0.4 is 9.64 Å². The van der Waals surface area contributed by atoms with Gasteiger partial charge in [0, 0.05) is 18.3 Å². The molecular weight excluding hydrogens is 410 g/mol. The van der Waals surface area contributed by atoms with E-state index in [0.717, 1.165) is 24.1 Å². The van der Waals surface area contributed by atoms with Crippen molar-refractivity contribution in [2.75, 3.05) is 18.1 Å². The van der Waals surface area contributed by atoms with Gasteiger partial charge in [-0.1, -0.05) is 18.2 Å². The summed E-state index contributed by atoms with van der Waals surface area (Å²) in [5.74, 6) is -0.00178. The Morgan fingerprint density at radius 2 is 1.97 bits per heavy atom. The number of para-hydroxylation sites is 1. The van der Waals surface area contributed by atoms with Gasteiger partial charge >= 0.3 is 5.97 Å². The topological polar surface area (TPSA) is 99.4 Å². The summed E-state index contributed by atoms with van der Waals surface area (Å²) in [4.78, 5) is 27.5. The number of aryl methyl sites for hydroxylation is 1. The van der Waals surface area contributed by atoms with Crippen LogP contribution in [0.15, 0.2) is 42.6 Å². The minimum Gasteiger partial charge on any atom is -0.477 e. The van der Waals surface area contributed by atoms with Crippen LogP contribution in [0.3, 0.4) is 0 Å². The first-order valence-electron chi connectivity index (χ1n) is 10.6. The van der Waals surface area contributed by atoms with Crippen molar-refractivity contribution >= 4 is 17.6 Å². The maximum Gasteiger partial charge on any atom is 0.342 e. The van der Waals surface area contributed by atoms with Gasteiger partial charge in [0.1, 0.15) is 5.56 Å². The first-order chi connectivity index (χ1) is 15.5. The third kappa shape index (κ3) is 4.18. The van der Waals surface area contributed by atoms with E-state index >= 15 is 0 Å². The lowest BCUT2D eigenvalue weighted by atomic mass is 10.0. The van der Waals surface area contributed by atoms with Gasteiger partial charge in [-0.05, 0) is 51.3 Å². The van der Waals surface area contributed by atoms with E-state index in [1.54, 1.807) is 30.9 Å². The lowest BCUT2D eigenvalue weighted by Gasteiger charge is -2.31. The minimum atomic E-state index is -0.929. The zero-order valence-corrected chi connectivity index (χ0v) is 18.3. The highest BCUT2D eigenvalue weighted by atomic mass is 16.5. The Balaban J connectivity index is 1.47. The molecule has 1 atom stereocenters. The van der Waals surface area contributed by atoms with Gasteiger partial charge in [-0.15, -0.1) is 10.2 Å². The fraction of sp³-hybridized carbons (Fsp3) is 0.348. The third-order valence-electron chi connectivity index (χ3n) is 5.37. The molecule has 0 bridgehead atoms. The van der Waals surface area contributed by atoms with Crippen LogP contribution in [0.25, 0.3) is 5.82 Å². The molecule has 0 saturated heterocycles. The van der Waals surface area contributed by atoms with Crippen LogP contribution in [0.4, 0.5) is 5.69 Å². The van der Waals surface area contributed by atoms with Crippen molar-refractivity contribution in [3.8, 4) is 11.7 Å². The van der Waals surface area contributed by atoms with Gasteiger partial charge in [0.25, 0.3) is 5.91 Å². The molecule has 0 N–H and O–H groups in total. The van der Waals surface area contributed by atoms with Gasteiger partial charge in [0.2, 0.25) is 5.88 Å². The zero-order valence-electron chi connectivity index (χ0n) is 18.3. The summed E-state index contributed by atoms with van der Waals surface area (Å²) in [6.45, 7) is 6.28. The number of carbonyl (C=O) groups is 2. The Bertz CT molecular complexity index is 1130. The molecule has 2 aromatic heterocycles. The van der Waals surface area contributed by atoms with Gasteiger partial charge in [0.15, 0.2) is 11.9 Å². The summed E-state index contributed by atoms with van der Waals surface area (Å²) in [5, 5.41) is 12.3. The van der Waals surface area contributed by atoms with Crippen molar-refractivity contribution in [1.29, 1.82) is 0 Å². The summed E-state index contributed by atoms with van der Waals surface area (Å²) in [5.41, 5.74) is 2.81. The molecule has 32 heavy (non-hydrogen) atoms. The van der Waals surface area contributed by atoms with Crippen molar-refractivity contribution in [2.24, 2.45) is 0 Å². The highest BCUT2D eigenvalue weighted by Gasteiger charge is 2.29. The number of carbonyl (C=O) groups excluding carboxylic acids is 2. The normalized spacial score (nSPS) is 13.9. The Kier molecular flexibility index (Phi) is 6.16. The van der Waals surface area contributed by atoms with Crippen molar-refractivity contribution in [1.82, 2.24) is 20.0 Å². The number of anilines is 1. The molecule has 3 heterocycles. The summed E-state index contributed by atoms with van der Waals surface area (Å²) < 4.78 is 12.3. The second-order valence-electron chi connectivity index (χ2n) is 7.49. The number of esters is 1. The highest BCUT2D eigenvalue weighted by Crippen LogP contribution is 2.27. The molecule has 0 fully saturated rings. The molecule has 4 rings (SSSR count). The van der Waals surface area contributed by atoms with Crippen molar-refractivity contribution in [3.05, 3.63) is 59.4 Å². The molecule has 0 unspecified atom stereocenters. The number of rotatable bonds is 6. The number of hydrogen-bond donors (Lipinski definition) is 0. The van der Waals surface area contributed by atoms with Crippen LogP contribution in [-0.2, 0) is 16.0 Å². The number of amides is 1. The Morgan fingerprint density at radius 1 is 1.16 bits per heavy atom. The molecule has 1 aliphatic rings. The van der Waals surface area contributed by atoms with Gasteiger partial charge in [-0.2, -0.15) is 5.10 Å². The minimum absolute atomic E-state index is 0.243. The first kappa shape index (κ1) is 21.5. The predicted octanol–water partition coefficient (Wildman–Crippen LogP) is 2.89. The van der Waals surface area contributed by atoms with E-state index in [2.05, 4.69) is 15.3 Å². The second kappa shape index (κ2) is 9.17. The van der Waals surface area contributed by atoms with Crippen molar-refractivity contribution in [2.45, 2.75) is 39.7 Å². The SMILES string of the molecule is CCOc1ccc(-n2ncc(C(=O)O[C@H](C)C(=O)N3CCCc4ccccc43)c2C)nn1. The van der Waals surface area contributed by atoms with Crippen molar-refractivity contribution < 1.29 is 19.1 Å². The molecule has 1 aliphatic heterocycles. The molecule has 3 aromatic rings. The smallest absolute Gasteiger partial charge is 0.342 e. The largest absolute Gasteiger partial charge is 0.477 e. The number of nitrogens with zero attached hydrogens (tertiary/aromatic N) is 5. The predicted molar refractivity (Wildman–Crippen MR) is 117 cm³/mol. The average Bonchev–Trinajstić information content (AvgIpc) is 3.20. The van der Waals surface area contributed by atoms with E-state index < -0.39 is 12.1 Å². The average molecular weight is 435 g/mol. The third-order valence-corrected chi connectivity index (χ3v) is 5.37. The molecule has 166 valence electrons. The van der Waals surface area contributed by atoms with Gasteiger partial charge in [-0.25, -0.2) is 9.48 Å². The molecule has 9 heteroatoms. The van der Waals surface area contributed by atoms with E-state index in [1.165, 1.54) is 10.9 Å².